The lowest BCUT2D eigenvalue weighted by atomic mass is 9.73. The maximum atomic E-state index is 15.3. The number of cyclic esters (lactones) is 1. The van der Waals surface area contributed by atoms with Crippen LogP contribution >= 0.6 is 0 Å². The van der Waals surface area contributed by atoms with E-state index in [2.05, 4.69) is 37.9 Å². The van der Waals surface area contributed by atoms with Gasteiger partial charge >= 0.3 is 24.1 Å². The highest BCUT2D eigenvalue weighted by Crippen LogP contribution is 2.44. The number of carbonyl (C=O) groups excluding carboxylic acids is 4. The lowest BCUT2D eigenvalue weighted by Gasteiger charge is -2.48. The molecule has 24 heteroatoms. The maximum Gasteiger partial charge on any atom is 0.509 e. The first-order valence-corrected chi connectivity index (χ1v) is 29.3. The highest BCUT2D eigenvalue weighted by atomic mass is 19.1. The molecule has 1 aliphatic carbocycles. The fraction of sp³-hybridized carbons (Fsp3) is 0.639. The number of likely N-dealkylation sites (N-methyl/N-ethyl adjacent to an activating group) is 1. The second-order valence-electron chi connectivity index (χ2n) is 23.5. The molecule has 4 aliphatic rings. The summed E-state index contributed by atoms with van der Waals surface area (Å²) in [5.41, 5.74) is -2.20. The summed E-state index contributed by atoms with van der Waals surface area (Å²) in [6, 6.07) is 3.89. The van der Waals surface area contributed by atoms with Crippen LogP contribution in [0.15, 0.2) is 46.7 Å². The molecule has 7 rings (SSSR count). The van der Waals surface area contributed by atoms with Crippen LogP contribution < -0.4 is 21.4 Å². The Labute approximate surface area is 495 Å². The normalized spacial score (nSPS) is 30.5. The first kappa shape index (κ1) is 65.8. The summed E-state index contributed by atoms with van der Waals surface area (Å²) in [7, 11) is 6.74. The third kappa shape index (κ3) is 15.5. The number of anilines is 1. The average molecular weight is 1190 g/mol. The molecule has 2 aromatic heterocycles. The lowest BCUT2D eigenvalue weighted by molar-refractivity contribution is -0.301. The molecule has 0 bridgehead atoms. The molecule has 3 saturated heterocycles. The molecule has 3 aromatic rings. The summed E-state index contributed by atoms with van der Waals surface area (Å²) in [6.07, 6.45) is -0.315. The predicted octanol–water partition coefficient (Wildman–Crippen LogP) is 6.22. The highest BCUT2D eigenvalue weighted by molar-refractivity contribution is 5.94. The quantitative estimate of drug-likeness (QED) is 0.0276. The Morgan fingerprint density at radius 1 is 1.00 bits per heavy atom. The Bertz CT molecular complexity index is 3050. The molecule has 1 saturated carbocycles. The number of rotatable bonds is 20. The van der Waals surface area contributed by atoms with Crippen LogP contribution in [0.5, 0.6) is 0 Å². The van der Waals surface area contributed by atoms with E-state index in [1.807, 2.05) is 39.8 Å². The predicted molar refractivity (Wildman–Crippen MR) is 310 cm³/mol. The number of carbonyl (C=O) groups is 5. The standard InChI is InChI=1S/C61H84FN7O16/c1-13-47-61(8)54(84-59(77)85-61)35(4)49(67-79-24-16-17-38-26-39(31-65-30-38)55(73)63-9)33(2)29-60(7,78-12)53(83-58-51(72)46(68(10)11)25-34(3)80-58)36(5)52(37(6)57(76)81-47)82-48(70)20-23-64-21-14-15-22-66-44-28-45-41(27-43(44)62)50(71)42(56(74)75)32-69(45)40-18-19-40/h26-28,30-37,40,46-47,51-54,58,64,66,72H,13-15,18-25,29H2,1-12H3,(H,63,73)(H,74,75)/b67-49+/t33-,34-,35+,36+,37-,46+,47-,51-,52+,53-,54-,58+,60-,61-/m1/s1. The number of amides is 1. The molecule has 23 nitrogen and oxygen atoms in total. The van der Waals surface area contributed by atoms with Crippen molar-refractivity contribution in [1.29, 1.82) is 0 Å². The third-order valence-electron chi connectivity index (χ3n) is 16.9. The van der Waals surface area contributed by atoms with Crippen molar-refractivity contribution < 1.29 is 76.6 Å². The molecule has 1 aromatic carbocycles. The van der Waals surface area contributed by atoms with Gasteiger partial charge in [-0.15, -0.1) is 0 Å². The SMILES string of the molecule is CC[C@H]1OC(=O)[C@H](C)[C@@H](OC(=O)CCNCCCCNc2cc3c(cc2F)c(=O)c(C(=O)O)cn3C2CC2)[C@H](C)[C@@H](O[C@@H]2O[C@H](C)C[C@H](N(C)C)[C@H]2O)[C@](C)(OC)C[C@@H](C)/C(=N\OCC#Cc2cncc(C(=O)NC)c2)[C@H](C)[C@H]2OC(=O)O[C@@]21C. The summed E-state index contributed by atoms with van der Waals surface area (Å²) >= 11 is 0. The number of aliphatic hydroxyl groups excluding tert-OH is 1. The van der Waals surface area contributed by atoms with E-state index in [0.717, 1.165) is 18.9 Å². The van der Waals surface area contributed by atoms with E-state index in [4.69, 9.17) is 38.0 Å². The third-order valence-corrected chi connectivity index (χ3v) is 16.9. The van der Waals surface area contributed by atoms with Gasteiger partial charge in [-0.25, -0.2) is 14.0 Å². The van der Waals surface area contributed by atoms with Crippen LogP contribution in [0.1, 0.15) is 139 Å². The lowest BCUT2D eigenvalue weighted by Crippen LogP contribution is -2.60. The fourth-order valence-corrected chi connectivity index (χ4v) is 12.1. The molecule has 4 fully saturated rings. The molecule has 0 spiro atoms. The smallest absolute Gasteiger partial charge is 0.477 e. The minimum Gasteiger partial charge on any atom is -0.477 e. The molecule has 5 N–H and O–H groups in total. The summed E-state index contributed by atoms with van der Waals surface area (Å²) in [5.74, 6) is -1.26. The van der Waals surface area contributed by atoms with Crippen LogP contribution in [0.3, 0.4) is 0 Å². The van der Waals surface area contributed by atoms with E-state index in [1.165, 1.54) is 32.7 Å². The number of aromatic nitrogens is 2. The minimum absolute atomic E-state index is 0.00682. The van der Waals surface area contributed by atoms with Gasteiger partial charge in [0.2, 0.25) is 5.43 Å². The van der Waals surface area contributed by atoms with E-state index in [9.17, 15) is 39.0 Å². The molecule has 5 heterocycles. The van der Waals surface area contributed by atoms with Crippen molar-refractivity contribution in [1.82, 2.24) is 25.1 Å². The topological polar surface area (TPSA) is 286 Å². The number of nitrogens with one attached hydrogen (secondary N) is 3. The molecule has 0 unspecified atom stereocenters. The molecule has 0 radical (unpaired) electrons. The number of hydrogen-bond acceptors (Lipinski definition) is 20. The maximum absolute atomic E-state index is 15.3. The van der Waals surface area contributed by atoms with Crippen molar-refractivity contribution in [2.24, 2.45) is 28.8 Å². The van der Waals surface area contributed by atoms with Gasteiger partial charge in [-0.2, -0.15) is 0 Å². The zero-order valence-corrected chi connectivity index (χ0v) is 50.7. The van der Waals surface area contributed by atoms with Crippen molar-refractivity contribution in [3.8, 4) is 11.8 Å². The number of esters is 2. The van der Waals surface area contributed by atoms with Gasteiger partial charge in [-0.3, -0.25) is 24.2 Å². The summed E-state index contributed by atoms with van der Waals surface area (Å²) in [5, 5.41) is 35.1. The Morgan fingerprint density at radius 3 is 2.40 bits per heavy atom. The van der Waals surface area contributed by atoms with Crippen molar-refractivity contribution in [2.45, 2.75) is 173 Å². The minimum atomic E-state index is -1.55. The van der Waals surface area contributed by atoms with Crippen LogP contribution in [0, 0.1) is 41.3 Å². The second-order valence-corrected chi connectivity index (χ2v) is 23.5. The summed E-state index contributed by atoms with van der Waals surface area (Å²) < 4.78 is 61.5. The molecular weight excluding hydrogens is 1110 g/mol. The van der Waals surface area contributed by atoms with E-state index in [1.54, 1.807) is 51.3 Å². The number of benzene rings is 1. The van der Waals surface area contributed by atoms with Crippen molar-refractivity contribution in [3.05, 3.63) is 69.5 Å². The number of methoxy groups -OCH3 is 1. The summed E-state index contributed by atoms with van der Waals surface area (Å²) in [6.45, 7) is 15.0. The molecule has 466 valence electrons. The molecule has 85 heavy (non-hydrogen) atoms. The number of unbranched alkanes of at least 4 members (excludes halogenated alkanes) is 1. The first-order chi connectivity index (χ1) is 40.3. The molecular formula is C61H84FN7O16. The van der Waals surface area contributed by atoms with Crippen LogP contribution in [-0.4, -0.2) is 175 Å². The number of fused-ring (bicyclic) bond motifs is 2. The van der Waals surface area contributed by atoms with E-state index in [-0.39, 0.29) is 67.6 Å². The number of oxime groups is 1. The van der Waals surface area contributed by atoms with Gasteiger partial charge in [0.25, 0.3) is 5.91 Å². The number of hydrogen-bond donors (Lipinski definition) is 5. The zero-order chi connectivity index (χ0) is 62.1. The largest absolute Gasteiger partial charge is 0.509 e. The number of nitrogens with zero attached hydrogens (tertiary/aromatic N) is 4. The van der Waals surface area contributed by atoms with Crippen molar-refractivity contribution >= 4 is 52.3 Å². The zero-order valence-electron chi connectivity index (χ0n) is 50.7. The van der Waals surface area contributed by atoms with Gasteiger partial charge in [0.1, 0.15) is 29.7 Å². The number of carboxylic acids is 1. The van der Waals surface area contributed by atoms with Gasteiger partial charge in [0, 0.05) is 86.6 Å². The van der Waals surface area contributed by atoms with Gasteiger partial charge in [0.15, 0.2) is 24.6 Å². The monoisotopic (exact) mass is 1190 g/mol. The molecule has 1 amide bonds. The Kier molecular flexibility index (Phi) is 22.2. The van der Waals surface area contributed by atoms with Gasteiger partial charge < -0.3 is 73.6 Å². The van der Waals surface area contributed by atoms with Crippen molar-refractivity contribution in [2.75, 3.05) is 59.8 Å². The number of aliphatic hydroxyl groups is 1. The highest BCUT2D eigenvalue weighted by Gasteiger charge is 2.59. The van der Waals surface area contributed by atoms with E-state index < -0.39 is 113 Å². The Balaban J connectivity index is 1.12. The molecule has 3 aliphatic heterocycles. The van der Waals surface area contributed by atoms with Crippen LogP contribution in [0.4, 0.5) is 14.9 Å². The fourth-order valence-electron chi connectivity index (χ4n) is 12.1. The number of pyridine rings is 2. The van der Waals surface area contributed by atoms with Gasteiger partial charge in [-0.05, 0) is 111 Å². The second kappa shape index (κ2) is 28.6. The molecule has 14 atom stereocenters. The van der Waals surface area contributed by atoms with Crippen LogP contribution in [0.25, 0.3) is 10.9 Å². The first-order valence-electron chi connectivity index (χ1n) is 29.3. The number of ether oxygens (including phenoxy) is 7. The van der Waals surface area contributed by atoms with Crippen LogP contribution in [-0.2, 0) is 47.6 Å². The Morgan fingerprint density at radius 2 is 1.73 bits per heavy atom. The van der Waals surface area contributed by atoms with Gasteiger partial charge in [0.05, 0.1) is 52.6 Å². The number of halogens is 1. The van der Waals surface area contributed by atoms with Crippen molar-refractivity contribution in [3.63, 3.8) is 0 Å². The van der Waals surface area contributed by atoms with Crippen LogP contribution in [0.2, 0.25) is 0 Å². The number of carboxylic acid groups (broad SMARTS) is 1. The van der Waals surface area contributed by atoms with E-state index >= 15 is 4.39 Å². The summed E-state index contributed by atoms with van der Waals surface area (Å²) in [4.78, 5) is 91.2. The Hall–Kier alpha value is -6.75. The van der Waals surface area contributed by atoms with Gasteiger partial charge in [-0.1, -0.05) is 44.7 Å². The number of aromatic carboxylic acids is 1. The average Bonchev–Trinajstić information content (AvgIpc) is 3.82. The van der Waals surface area contributed by atoms with E-state index in [0.29, 0.717) is 54.7 Å².